The molecule has 0 aromatic carbocycles. The Hall–Kier alpha value is -1.37. The van der Waals surface area contributed by atoms with Crippen LogP contribution in [-0.2, 0) is 19.1 Å². The number of halogens is 3. The van der Waals surface area contributed by atoms with Crippen LogP contribution >= 0.6 is 0 Å². The second kappa shape index (κ2) is 4.08. The van der Waals surface area contributed by atoms with Crippen LogP contribution in [0.3, 0.4) is 0 Å². The Bertz CT molecular complexity index is 468. The zero-order chi connectivity index (χ0) is 12.8. The fourth-order valence-corrected chi connectivity index (χ4v) is 2.05. The molecule has 0 atom stereocenters. The van der Waals surface area contributed by atoms with Crippen molar-refractivity contribution >= 4 is 5.95 Å². The Balaban J connectivity index is 2.02. The summed E-state index contributed by atoms with van der Waals surface area (Å²) in [5, 5.41) is 5.86. The van der Waals surface area contributed by atoms with Crippen molar-refractivity contribution in [1.29, 1.82) is 0 Å². The topological polar surface area (TPSA) is 49.8 Å². The normalized spacial score (nSPS) is 19.5. The average molecular weight is 258 g/mol. The lowest BCUT2D eigenvalue weighted by Gasteiger charge is -2.21. The Kier molecular flexibility index (Phi) is 2.65. The highest BCUT2D eigenvalue weighted by Gasteiger charge is 2.38. The minimum Gasteiger partial charge on any atom is -0.351 e. The molecular weight excluding hydrogens is 245 g/mol. The van der Waals surface area contributed by atoms with Gasteiger partial charge >= 0.3 is 6.18 Å². The Morgan fingerprint density at radius 3 is 2.67 bits per heavy atom. The molecule has 18 heavy (non-hydrogen) atoms. The molecule has 1 aromatic heterocycles. The van der Waals surface area contributed by atoms with E-state index in [2.05, 4.69) is 20.6 Å². The molecule has 3 rings (SSSR count). The highest BCUT2D eigenvalue weighted by Crippen LogP contribution is 2.34. The molecule has 1 saturated carbocycles. The van der Waals surface area contributed by atoms with Crippen LogP contribution in [-0.4, -0.2) is 22.6 Å². The van der Waals surface area contributed by atoms with Gasteiger partial charge in [-0.1, -0.05) is 0 Å². The molecule has 0 unspecified atom stereocenters. The van der Waals surface area contributed by atoms with Crippen molar-refractivity contribution in [1.82, 2.24) is 15.3 Å². The number of hydrogen-bond donors (Lipinski definition) is 2. The van der Waals surface area contributed by atoms with Gasteiger partial charge in [-0.15, -0.1) is 0 Å². The van der Waals surface area contributed by atoms with Gasteiger partial charge in [0.15, 0.2) is 5.69 Å². The molecule has 2 aliphatic rings. The molecule has 1 aromatic rings. The van der Waals surface area contributed by atoms with E-state index in [-0.39, 0.29) is 24.1 Å². The zero-order valence-corrected chi connectivity index (χ0v) is 9.64. The minimum absolute atomic E-state index is 0.116. The largest absolute Gasteiger partial charge is 0.433 e. The molecular formula is C11H13F3N4. The Labute approximate surface area is 102 Å². The Morgan fingerprint density at radius 2 is 2.00 bits per heavy atom. The summed E-state index contributed by atoms with van der Waals surface area (Å²) in [5.41, 5.74) is -0.0998. The van der Waals surface area contributed by atoms with E-state index in [1.807, 2.05) is 0 Å². The van der Waals surface area contributed by atoms with Crippen molar-refractivity contribution in [2.75, 3.05) is 11.9 Å². The van der Waals surface area contributed by atoms with Gasteiger partial charge in [-0.3, -0.25) is 0 Å². The summed E-state index contributed by atoms with van der Waals surface area (Å²) in [6, 6.07) is 0.242. The van der Waals surface area contributed by atoms with E-state index >= 15 is 0 Å². The summed E-state index contributed by atoms with van der Waals surface area (Å²) in [4.78, 5) is 7.86. The molecule has 2 N–H and O–H groups in total. The zero-order valence-electron chi connectivity index (χ0n) is 9.64. The maximum Gasteiger partial charge on any atom is 0.433 e. The molecule has 1 aliphatic heterocycles. The molecule has 98 valence electrons. The van der Waals surface area contributed by atoms with Crippen LogP contribution in [0.5, 0.6) is 0 Å². The first kappa shape index (κ1) is 11.7. The van der Waals surface area contributed by atoms with E-state index in [4.69, 9.17) is 0 Å². The van der Waals surface area contributed by atoms with Crippen molar-refractivity contribution in [3.63, 3.8) is 0 Å². The number of alkyl halides is 3. The van der Waals surface area contributed by atoms with Gasteiger partial charge in [-0.05, 0) is 12.8 Å². The van der Waals surface area contributed by atoms with Gasteiger partial charge in [0, 0.05) is 31.1 Å². The number of anilines is 1. The summed E-state index contributed by atoms with van der Waals surface area (Å²) < 4.78 is 38.9. The third kappa shape index (κ3) is 2.27. The number of fused-ring (bicyclic) bond motifs is 1. The summed E-state index contributed by atoms with van der Waals surface area (Å²) >= 11 is 0. The van der Waals surface area contributed by atoms with Crippen LogP contribution in [0.25, 0.3) is 0 Å². The summed E-state index contributed by atoms with van der Waals surface area (Å²) in [6.07, 6.45) is -1.96. The lowest BCUT2D eigenvalue weighted by atomic mass is 10.1. The van der Waals surface area contributed by atoms with Gasteiger partial charge in [0.1, 0.15) is 0 Å². The number of hydrogen-bond acceptors (Lipinski definition) is 4. The van der Waals surface area contributed by atoms with E-state index in [1.54, 1.807) is 0 Å². The summed E-state index contributed by atoms with van der Waals surface area (Å²) in [5.74, 6) is 0.116. The number of aromatic nitrogens is 2. The van der Waals surface area contributed by atoms with Crippen LogP contribution in [0.15, 0.2) is 0 Å². The number of rotatable bonds is 2. The van der Waals surface area contributed by atoms with E-state index in [9.17, 15) is 13.2 Å². The van der Waals surface area contributed by atoms with Gasteiger partial charge < -0.3 is 10.6 Å². The predicted octanol–water partition coefficient (Wildman–Crippen LogP) is 1.72. The van der Waals surface area contributed by atoms with Gasteiger partial charge in [0.05, 0.1) is 5.69 Å². The molecule has 4 nitrogen and oxygen atoms in total. The quantitative estimate of drug-likeness (QED) is 0.848. The average Bonchev–Trinajstić information content (AvgIpc) is 3.10. The van der Waals surface area contributed by atoms with Gasteiger partial charge in [-0.2, -0.15) is 13.2 Å². The van der Waals surface area contributed by atoms with E-state index < -0.39 is 11.9 Å². The second-order valence-electron chi connectivity index (χ2n) is 4.66. The van der Waals surface area contributed by atoms with Gasteiger partial charge in [-0.25, -0.2) is 9.97 Å². The molecule has 1 aliphatic carbocycles. The minimum atomic E-state index is -4.42. The maximum atomic E-state index is 13.0. The van der Waals surface area contributed by atoms with Crippen molar-refractivity contribution in [2.24, 2.45) is 0 Å². The van der Waals surface area contributed by atoms with Crippen LogP contribution in [0.4, 0.5) is 19.1 Å². The van der Waals surface area contributed by atoms with E-state index in [1.165, 1.54) is 0 Å². The summed E-state index contributed by atoms with van der Waals surface area (Å²) in [7, 11) is 0. The maximum absolute atomic E-state index is 13.0. The molecule has 0 amide bonds. The Morgan fingerprint density at radius 1 is 1.22 bits per heavy atom. The molecule has 1 fully saturated rings. The number of nitrogens with zero attached hydrogens (tertiary/aromatic N) is 2. The van der Waals surface area contributed by atoms with Crippen molar-refractivity contribution in [2.45, 2.75) is 38.0 Å². The molecule has 2 heterocycles. The third-order valence-electron chi connectivity index (χ3n) is 3.11. The molecule has 0 spiro atoms. The van der Waals surface area contributed by atoms with Gasteiger partial charge in [0.2, 0.25) is 5.95 Å². The number of nitrogens with one attached hydrogen (secondary N) is 2. The second-order valence-corrected chi connectivity index (χ2v) is 4.66. The fourth-order valence-electron chi connectivity index (χ4n) is 2.05. The summed E-state index contributed by atoms with van der Waals surface area (Å²) in [6.45, 7) is 0.845. The molecule has 0 bridgehead atoms. The predicted molar refractivity (Wildman–Crippen MR) is 59.1 cm³/mol. The van der Waals surface area contributed by atoms with E-state index in [0.29, 0.717) is 18.7 Å². The first-order valence-electron chi connectivity index (χ1n) is 5.98. The molecule has 0 radical (unpaired) electrons. The first-order chi connectivity index (χ1) is 8.54. The van der Waals surface area contributed by atoms with Gasteiger partial charge in [0.25, 0.3) is 0 Å². The van der Waals surface area contributed by atoms with Crippen molar-refractivity contribution in [3.05, 3.63) is 17.0 Å². The highest BCUT2D eigenvalue weighted by atomic mass is 19.4. The van der Waals surface area contributed by atoms with E-state index in [0.717, 1.165) is 12.8 Å². The first-order valence-corrected chi connectivity index (χ1v) is 5.98. The third-order valence-corrected chi connectivity index (χ3v) is 3.11. The van der Waals surface area contributed by atoms with Crippen LogP contribution in [0, 0.1) is 0 Å². The van der Waals surface area contributed by atoms with Crippen LogP contribution < -0.4 is 10.6 Å². The molecule has 7 heteroatoms. The lowest BCUT2D eigenvalue weighted by molar-refractivity contribution is -0.142. The SMILES string of the molecule is FC(F)(F)c1nc(NC2CC2)nc2c1CNCC2. The molecule has 0 saturated heterocycles. The monoisotopic (exact) mass is 258 g/mol. The van der Waals surface area contributed by atoms with Crippen LogP contribution in [0.2, 0.25) is 0 Å². The van der Waals surface area contributed by atoms with Crippen molar-refractivity contribution < 1.29 is 13.2 Å². The van der Waals surface area contributed by atoms with Crippen molar-refractivity contribution in [3.8, 4) is 0 Å². The lowest BCUT2D eigenvalue weighted by Crippen LogP contribution is -2.29. The fraction of sp³-hybridized carbons (Fsp3) is 0.636. The standard InChI is InChI=1S/C11H13F3N4/c12-11(13,14)9-7-5-15-4-3-8(7)17-10(18-9)16-6-1-2-6/h6,15H,1-5H2,(H,16,17,18). The highest BCUT2D eigenvalue weighted by molar-refractivity contribution is 5.38. The smallest absolute Gasteiger partial charge is 0.351 e. The van der Waals surface area contributed by atoms with Crippen LogP contribution in [0.1, 0.15) is 29.8 Å².